The van der Waals surface area contributed by atoms with E-state index in [0.717, 1.165) is 10.6 Å². The van der Waals surface area contributed by atoms with E-state index in [9.17, 15) is 28.5 Å². The van der Waals surface area contributed by atoms with E-state index in [0.29, 0.717) is 12.1 Å². The minimum atomic E-state index is -4.86. The Balaban J connectivity index is 1.59. The number of hydrogen-bond acceptors (Lipinski definition) is 8. The lowest BCUT2D eigenvalue weighted by Gasteiger charge is -2.45. The highest BCUT2D eigenvalue weighted by molar-refractivity contribution is 5.79. The van der Waals surface area contributed by atoms with Crippen molar-refractivity contribution in [1.29, 1.82) is 10.5 Å². The number of carbonyl (C=O) groups is 1. The van der Waals surface area contributed by atoms with Crippen LogP contribution in [-0.2, 0) is 12.7 Å². The number of nitrogens with two attached hydrogens (primary N) is 1. The molecule has 1 aromatic carbocycles. The second-order valence-corrected chi connectivity index (χ2v) is 10.1. The number of nitriles is 2. The molecule has 2 N–H and O–H groups in total. The third kappa shape index (κ3) is 5.20. The predicted molar refractivity (Wildman–Crippen MR) is 144 cm³/mol. The molecule has 2 aromatic heterocycles. The highest BCUT2D eigenvalue weighted by Crippen LogP contribution is 2.44. The molecular weight excluding hydrogens is 568 g/mol. The number of hydrogen-bond donors (Lipinski definition) is 1. The lowest BCUT2D eigenvalue weighted by molar-refractivity contribution is -0.137. The van der Waals surface area contributed by atoms with Crippen molar-refractivity contribution in [2.24, 2.45) is 0 Å². The molecule has 2 aliphatic heterocycles. The van der Waals surface area contributed by atoms with Gasteiger partial charge in [0, 0.05) is 30.8 Å². The van der Waals surface area contributed by atoms with Crippen LogP contribution in [0.4, 0.5) is 28.2 Å². The number of nitrogen functional groups attached to an aromatic ring is 1. The molecule has 0 bridgehead atoms. The fourth-order valence-electron chi connectivity index (χ4n) is 5.72. The number of aromatic nitrogens is 3. The van der Waals surface area contributed by atoms with Crippen LogP contribution in [0.5, 0.6) is 5.75 Å². The summed E-state index contributed by atoms with van der Waals surface area (Å²) in [5.74, 6) is 3.79. The van der Waals surface area contributed by atoms with Crippen molar-refractivity contribution in [2.45, 2.75) is 45.1 Å². The average molecular weight is 593 g/mol. The number of alkyl halides is 3. The molecule has 5 rings (SSSR count). The summed E-state index contributed by atoms with van der Waals surface area (Å²) in [6.07, 6.45) is -2.49. The zero-order valence-corrected chi connectivity index (χ0v) is 23.0. The van der Waals surface area contributed by atoms with Gasteiger partial charge in [-0.2, -0.15) is 23.7 Å². The highest BCUT2D eigenvalue weighted by Gasteiger charge is 2.43. The third-order valence-corrected chi connectivity index (χ3v) is 7.53. The molecule has 43 heavy (non-hydrogen) atoms. The van der Waals surface area contributed by atoms with Gasteiger partial charge in [0.25, 0.3) is 0 Å². The molecule has 0 radical (unpaired) electrons. The van der Waals surface area contributed by atoms with Crippen LogP contribution >= 0.6 is 0 Å². The second kappa shape index (κ2) is 11.3. The van der Waals surface area contributed by atoms with E-state index in [1.165, 1.54) is 37.3 Å². The first kappa shape index (κ1) is 29.4. The molecule has 2 atom stereocenters. The van der Waals surface area contributed by atoms with Crippen LogP contribution in [0.25, 0.3) is 11.3 Å². The largest absolute Gasteiger partial charge is 0.488 e. The van der Waals surface area contributed by atoms with Gasteiger partial charge in [0.15, 0.2) is 11.6 Å². The summed E-state index contributed by atoms with van der Waals surface area (Å²) in [5.41, 5.74) is 3.62. The minimum absolute atomic E-state index is 0.0182. The summed E-state index contributed by atoms with van der Waals surface area (Å²) in [5, 5.41) is 19.0. The number of pyridine rings is 1. The molecule has 0 aliphatic carbocycles. The molecule has 14 heteroatoms. The summed E-state index contributed by atoms with van der Waals surface area (Å²) in [7, 11) is 0. The Morgan fingerprint density at radius 3 is 2.70 bits per heavy atom. The molecule has 1 saturated heterocycles. The standard InChI is InChI=1S/C29H24F4N8O2/c1-3-4-17-10-18-13-39-7-8-40(28(42)41-15-37-12-19(41)11-35)20(5-6-34)21(39)14-43-27(18)25(30)23(17)26-24(29(31,32)33)16(2)9-22(36)38-26/h9-10,12,15,20-21H,5,7-8,13-14H2,1-2H3,(H2,36,38)/t20?,21-/m0/s1. The molecule has 1 unspecified atom stereocenters. The number of carbonyl (C=O) groups excluding carboxylic acids is 1. The Hall–Kier alpha value is -5.13. The zero-order valence-electron chi connectivity index (χ0n) is 23.0. The number of benzene rings is 1. The number of imidazole rings is 1. The summed E-state index contributed by atoms with van der Waals surface area (Å²) < 4.78 is 66.0. The van der Waals surface area contributed by atoms with Gasteiger partial charge < -0.3 is 15.4 Å². The SMILES string of the molecule is CC#Cc1cc2c(c(F)c1-c1nc(N)cc(C)c1C(F)(F)F)OC[C@H]1C(CC#N)N(C(=O)n3cncc3C#N)CCN1C2. The average Bonchev–Trinajstić information content (AvgIpc) is 3.33. The van der Waals surface area contributed by atoms with E-state index < -0.39 is 46.9 Å². The first-order valence-corrected chi connectivity index (χ1v) is 13.1. The number of rotatable bonds is 2. The zero-order chi connectivity index (χ0) is 31.1. The normalized spacial score (nSPS) is 18.2. The monoisotopic (exact) mass is 592 g/mol. The maximum atomic E-state index is 16.4. The Kier molecular flexibility index (Phi) is 7.70. The maximum Gasteiger partial charge on any atom is 0.418 e. The Labute approximate surface area is 243 Å². The van der Waals surface area contributed by atoms with E-state index >= 15 is 4.39 Å². The number of amides is 1. The van der Waals surface area contributed by atoms with Crippen LogP contribution in [0.1, 0.15) is 41.3 Å². The molecule has 2 aliphatic rings. The molecule has 0 saturated carbocycles. The first-order chi connectivity index (χ1) is 20.5. The van der Waals surface area contributed by atoms with Crippen LogP contribution in [0.2, 0.25) is 0 Å². The van der Waals surface area contributed by atoms with Gasteiger partial charge in [-0.3, -0.25) is 4.90 Å². The van der Waals surface area contributed by atoms with Gasteiger partial charge in [-0.05, 0) is 31.5 Å². The van der Waals surface area contributed by atoms with E-state index in [1.807, 2.05) is 11.0 Å². The van der Waals surface area contributed by atoms with Gasteiger partial charge in [-0.1, -0.05) is 5.92 Å². The Morgan fingerprint density at radius 2 is 2.02 bits per heavy atom. The van der Waals surface area contributed by atoms with E-state index in [4.69, 9.17) is 10.5 Å². The van der Waals surface area contributed by atoms with Crippen molar-refractivity contribution in [3.8, 4) is 41.0 Å². The van der Waals surface area contributed by atoms with Crippen LogP contribution in [0, 0.1) is 47.2 Å². The van der Waals surface area contributed by atoms with Crippen molar-refractivity contribution in [2.75, 3.05) is 25.4 Å². The summed E-state index contributed by atoms with van der Waals surface area (Å²) >= 11 is 0. The number of nitrogens with zero attached hydrogens (tertiary/aromatic N) is 7. The number of aryl methyl sites for hydroxylation is 1. The number of fused-ring (bicyclic) bond motifs is 2. The number of piperazine rings is 1. The number of anilines is 1. The molecule has 1 amide bonds. The smallest absolute Gasteiger partial charge is 0.418 e. The third-order valence-electron chi connectivity index (χ3n) is 7.53. The van der Waals surface area contributed by atoms with Gasteiger partial charge in [0.05, 0.1) is 47.6 Å². The fraction of sp³-hybridized carbons (Fsp3) is 0.345. The van der Waals surface area contributed by atoms with Crippen LogP contribution in [0.15, 0.2) is 24.7 Å². The molecule has 0 spiro atoms. The van der Waals surface area contributed by atoms with Gasteiger partial charge in [0.1, 0.15) is 30.5 Å². The van der Waals surface area contributed by atoms with Crippen molar-refractivity contribution < 1.29 is 27.1 Å². The topological polar surface area (TPSA) is 137 Å². The van der Waals surface area contributed by atoms with Crippen molar-refractivity contribution in [1.82, 2.24) is 24.3 Å². The van der Waals surface area contributed by atoms with Crippen molar-refractivity contribution >= 4 is 11.8 Å². The molecule has 10 nitrogen and oxygen atoms in total. The van der Waals surface area contributed by atoms with E-state index in [-0.39, 0.29) is 54.5 Å². The fourth-order valence-corrected chi connectivity index (χ4v) is 5.72. The van der Waals surface area contributed by atoms with Crippen LogP contribution in [0.3, 0.4) is 0 Å². The van der Waals surface area contributed by atoms with Gasteiger partial charge in [-0.25, -0.2) is 23.7 Å². The predicted octanol–water partition coefficient (Wildman–Crippen LogP) is 4.07. The summed E-state index contributed by atoms with van der Waals surface area (Å²) in [4.78, 5) is 24.5. The summed E-state index contributed by atoms with van der Waals surface area (Å²) in [6, 6.07) is 4.69. The Morgan fingerprint density at radius 1 is 1.26 bits per heavy atom. The number of halogens is 4. The second-order valence-electron chi connectivity index (χ2n) is 10.1. The lowest BCUT2D eigenvalue weighted by atomic mass is 9.94. The first-order valence-electron chi connectivity index (χ1n) is 13.1. The summed E-state index contributed by atoms with van der Waals surface area (Å²) in [6.45, 7) is 3.13. The van der Waals surface area contributed by atoms with Gasteiger partial charge in [0.2, 0.25) is 0 Å². The van der Waals surface area contributed by atoms with Gasteiger partial charge >= 0.3 is 12.2 Å². The molecule has 4 heterocycles. The lowest BCUT2D eigenvalue weighted by Crippen LogP contribution is -2.62. The highest BCUT2D eigenvalue weighted by atomic mass is 19.4. The molecule has 3 aromatic rings. The van der Waals surface area contributed by atoms with Crippen molar-refractivity contribution in [3.05, 3.63) is 58.4 Å². The maximum absolute atomic E-state index is 16.4. The van der Waals surface area contributed by atoms with Crippen LogP contribution in [-0.4, -0.2) is 62.1 Å². The number of ether oxygens (including phenoxy) is 1. The molecule has 1 fully saturated rings. The van der Waals surface area contributed by atoms with Gasteiger partial charge in [-0.15, -0.1) is 5.92 Å². The van der Waals surface area contributed by atoms with E-state index in [2.05, 4.69) is 27.9 Å². The molecule has 220 valence electrons. The quantitative estimate of drug-likeness (QED) is 0.348. The van der Waals surface area contributed by atoms with Crippen LogP contribution < -0.4 is 10.5 Å². The van der Waals surface area contributed by atoms with E-state index in [1.54, 1.807) is 0 Å². The minimum Gasteiger partial charge on any atom is -0.488 e. The van der Waals surface area contributed by atoms with Crippen molar-refractivity contribution in [3.63, 3.8) is 0 Å². The Bertz CT molecular complexity index is 1760. The molecular formula is C29H24F4N8O2.